The van der Waals surface area contributed by atoms with Gasteiger partial charge in [-0.3, -0.25) is 0 Å². The van der Waals surface area contributed by atoms with Crippen LogP contribution in [0.2, 0.25) is 0 Å². The summed E-state index contributed by atoms with van der Waals surface area (Å²) in [5.41, 5.74) is 0. The molecule has 0 rings (SSSR count). The Hall–Kier alpha value is 1.49. The van der Waals surface area contributed by atoms with Crippen molar-refractivity contribution < 1.29 is 89.4 Å². The second-order valence-corrected chi connectivity index (χ2v) is 6.20. The molecule has 2 atom stereocenters. The molecule has 0 aliphatic heterocycles. The van der Waals surface area contributed by atoms with Gasteiger partial charge in [0.25, 0.3) is 0 Å². The van der Waals surface area contributed by atoms with Gasteiger partial charge in [0.2, 0.25) is 0 Å². The maximum atomic E-state index is 10.4. The van der Waals surface area contributed by atoms with Gasteiger partial charge in [0.15, 0.2) is 0 Å². The van der Waals surface area contributed by atoms with Crippen LogP contribution >= 0.6 is 0 Å². The molecule has 122 valence electrons. The van der Waals surface area contributed by atoms with Crippen LogP contribution in [-0.2, 0) is 25.5 Å². The Morgan fingerprint density at radius 3 is 1.95 bits per heavy atom. The van der Waals surface area contributed by atoms with Crippen molar-refractivity contribution >= 4 is 20.7 Å². The molecule has 0 aromatic carbocycles. The average Bonchev–Trinajstić information content (AvgIpc) is 2.20. The molecule has 0 heterocycles. The van der Waals surface area contributed by atoms with Crippen molar-refractivity contribution in [2.75, 3.05) is 5.75 Å². The monoisotopic (exact) mass is 376 g/mol. The molecule has 0 spiro atoms. The fraction of sp³-hybridized carbons (Fsp3) is 0.909. The Labute approximate surface area is 179 Å². The van der Waals surface area contributed by atoms with Crippen LogP contribution in [0.25, 0.3) is 0 Å². The molecule has 0 bridgehead atoms. The van der Waals surface area contributed by atoms with Gasteiger partial charge in [0.1, 0.15) is 0 Å². The topological polar surface area (TPSA) is 118 Å². The Balaban J connectivity index is -0.000000240. The number of hydrogen-bond donors (Lipinski definition) is 0. The first-order valence-electron chi connectivity index (χ1n) is 6.27. The molecule has 0 saturated carbocycles. The third kappa shape index (κ3) is 33.2. The molecule has 0 fully saturated rings. The van der Waals surface area contributed by atoms with Crippen molar-refractivity contribution in [3.05, 3.63) is 6.92 Å². The van der Waals surface area contributed by atoms with Gasteiger partial charge < -0.3 is 16.2 Å². The molecule has 0 saturated heterocycles. The molecule has 0 aromatic heterocycles. The van der Waals surface area contributed by atoms with E-state index in [4.69, 9.17) is 17.4 Å². The molecule has 22 heavy (non-hydrogen) atoms. The maximum absolute atomic E-state index is 10.4. The predicted octanol–water partition coefficient (Wildman–Crippen LogP) is -4.89. The molecule has 0 radical (unpaired) electrons. The van der Waals surface area contributed by atoms with E-state index in [2.05, 4.69) is 13.8 Å². The van der Waals surface area contributed by atoms with E-state index >= 15 is 0 Å². The minimum absolute atomic E-state index is 0. The Kier molecular flexibility index (Phi) is 26.8. The zero-order chi connectivity index (χ0) is 16.2. The summed E-state index contributed by atoms with van der Waals surface area (Å²) in [5, 5.41) is 0. The number of rotatable bonds is 9. The summed E-state index contributed by atoms with van der Waals surface area (Å²) < 4.78 is 62.0. The summed E-state index contributed by atoms with van der Waals surface area (Å²) >= 11 is 0. The van der Waals surface area contributed by atoms with Gasteiger partial charge in [-0.25, -0.2) is 8.42 Å². The zero-order valence-corrected chi connectivity index (χ0v) is 19.4. The number of hydrogen-bond acceptors (Lipinski definition) is 7. The van der Waals surface area contributed by atoms with E-state index in [1.54, 1.807) is 0 Å². The molecule has 0 aliphatic rings. The second kappa shape index (κ2) is 18.8. The van der Waals surface area contributed by atoms with Gasteiger partial charge >= 0.3 is 69.7 Å². The van der Waals surface area contributed by atoms with Gasteiger partial charge in [-0.1, -0.05) is 38.7 Å². The Morgan fingerprint density at radius 1 is 1.14 bits per heavy atom. The molecular weight excluding hydrogens is 354 g/mol. The van der Waals surface area contributed by atoms with Crippen LogP contribution < -0.4 is 59.1 Å². The quantitative estimate of drug-likeness (QED) is 0.171. The first-order chi connectivity index (χ1) is 9.08. The summed E-state index contributed by atoms with van der Waals surface area (Å²) in [7, 11) is -7.35. The van der Waals surface area contributed by atoms with Crippen molar-refractivity contribution in [1.29, 1.82) is 0 Å². The van der Waals surface area contributed by atoms with E-state index in [1.165, 1.54) is 12.8 Å². The van der Waals surface area contributed by atoms with Crippen LogP contribution in [0.15, 0.2) is 0 Å². The van der Waals surface area contributed by atoms with E-state index in [0.29, 0.717) is 0 Å². The smallest absolute Gasteiger partial charge is 0.748 e. The molecular formula is C11H22Na2O7S2. The Bertz CT molecular complexity index is 429. The van der Waals surface area contributed by atoms with Crippen LogP contribution in [0.1, 0.15) is 46.0 Å². The van der Waals surface area contributed by atoms with Crippen molar-refractivity contribution in [3.63, 3.8) is 0 Å². The average molecular weight is 376 g/mol. The summed E-state index contributed by atoms with van der Waals surface area (Å²) in [6.07, 6.45) is 4.68. The van der Waals surface area contributed by atoms with Gasteiger partial charge in [-0.05, 0) is 13.3 Å². The van der Waals surface area contributed by atoms with Crippen molar-refractivity contribution in [2.24, 2.45) is 0 Å². The third-order valence-corrected chi connectivity index (χ3v) is 3.06. The standard InChI is InChI=1S/C11H23O4S.2Na.O3S/c1-4-5-6-7-8-10(2)15-11(3)9-16(12,13)14;;;1-4(2)3/h10-11H,3-9H2,1-2H3,(H,12,13,14);;;/q-1;2*+1;/p-1. The van der Waals surface area contributed by atoms with Gasteiger partial charge in [0.05, 0.1) is 16.2 Å². The minimum atomic E-state index is -4.24. The number of unbranched alkanes of at least 4 members (excludes halogenated alkanes) is 3. The third-order valence-electron chi connectivity index (χ3n) is 2.28. The zero-order valence-electron chi connectivity index (χ0n) is 13.8. The Morgan fingerprint density at radius 2 is 1.59 bits per heavy atom. The van der Waals surface area contributed by atoms with E-state index < -0.39 is 32.6 Å². The fourth-order valence-corrected chi connectivity index (χ4v) is 2.06. The van der Waals surface area contributed by atoms with E-state index in [-0.39, 0.29) is 65.2 Å². The predicted molar refractivity (Wildman–Crippen MR) is 72.7 cm³/mol. The molecule has 0 aromatic rings. The van der Waals surface area contributed by atoms with Crippen molar-refractivity contribution in [1.82, 2.24) is 0 Å². The molecule has 0 amide bonds. The minimum Gasteiger partial charge on any atom is -0.748 e. The van der Waals surface area contributed by atoms with Gasteiger partial charge in [-0.2, -0.15) is 0 Å². The SMILES string of the molecule is O=S(=O)=O.[CH2-]C(CS(=O)(=O)[O-])OC(C)CCCCCC.[Na+].[Na+]. The van der Waals surface area contributed by atoms with Crippen LogP contribution in [0.5, 0.6) is 0 Å². The van der Waals surface area contributed by atoms with Crippen molar-refractivity contribution in [3.8, 4) is 0 Å². The van der Waals surface area contributed by atoms with E-state index in [1.807, 2.05) is 6.92 Å². The molecule has 7 nitrogen and oxygen atoms in total. The van der Waals surface area contributed by atoms with Crippen LogP contribution in [0, 0.1) is 6.92 Å². The molecule has 2 unspecified atom stereocenters. The van der Waals surface area contributed by atoms with Crippen molar-refractivity contribution in [2.45, 2.75) is 58.2 Å². The summed E-state index contributed by atoms with van der Waals surface area (Å²) in [5.74, 6) is -0.549. The molecule has 0 N–H and O–H groups in total. The molecule has 11 heteroatoms. The summed E-state index contributed by atoms with van der Waals surface area (Å²) in [4.78, 5) is 0. The van der Waals surface area contributed by atoms with E-state index in [9.17, 15) is 13.0 Å². The normalized spacial score (nSPS) is 12.7. The summed E-state index contributed by atoms with van der Waals surface area (Å²) in [6, 6.07) is 0. The maximum Gasteiger partial charge on any atom is 1.00 e. The van der Waals surface area contributed by atoms with Gasteiger partial charge in [0, 0.05) is 5.75 Å². The van der Waals surface area contributed by atoms with Crippen LogP contribution in [0.3, 0.4) is 0 Å². The summed E-state index contributed by atoms with van der Waals surface area (Å²) in [6.45, 7) is 7.53. The van der Waals surface area contributed by atoms with Gasteiger partial charge in [-0.15, -0.1) is 12.6 Å². The first kappa shape index (κ1) is 31.3. The molecule has 0 aliphatic carbocycles. The first-order valence-corrected chi connectivity index (χ1v) is 8.85. The fourth-order valence-electron chi connectivity index (χ4n) is 1.52. The van der Waals surface area contributed by atoms with E-state index in [0.717, 1.165) is 19.3 Å². The van der Waals surface area contributed by atoms with Crippen LogP contribution in [-0.4, -0.2) is 43.6 Å². The van der Waals surface area contributed by atoms with Crippen LogP contribution in [0.4, 0.5) is 0 Å². The second-order valence-electron chi connectivity index (χ2n) is 4.35. The largest absolute Gasteiger partial charge is 1.00 e. The number of ether oxygens (including phenoxy) is 1.